The lowest BCUT2D eigenvalue weighted by molar-refractivity contribution is 0.117. The van der Waals surface area contributed by atoms with Crippen LogP contribution in [0.5, 0.6) is 0 Å². The molecule has 0 saturated carbocycles. The Morgan fingerprint density at radius 2 is 1.79 bits per heavy atom. The van der Waals surface area contributed by atoms with Gasteiger partial charge in [-0.3, -0.25) is 4.99 Å². The molecule has 3 N–H and O–H groups in total. The molecule has 0 saturated heterocycles. The minimum absolute atomic E-state index is 0.282. The molecule has 0 amide bonds. The quantitative estimate of drug-likeness (QED) is 0.365. The lowest BCUT2D eigenvalue weighted by Gasteiger charge is -2.24. The highest BCUT2D eigenvalue weighted by Crippen LogP contribution is 1.99. The van der Waals surface area contributed by atoms with Crippen LogP contribution in [0.15, 0.2) is 4.99 Å². The van der Waals surface area contributed by atoms with E-state index >= 15 is 0 Å². The van der Waals surface area contributed by atoms with Crippen molar-refractivity contribution in [3.63, 3.8) is 0 Å². The number of aliphatic imine (C=N–C) groups is 1. The summed E-state index contributed by atoms with van der Waals surface area (Å²) in [5.74, 6) is 0.282. The van der Waals surface area contributed by atoms with Gasteiger partial charge in [-0.15, -0.1) is 0 Å². The molecular weight excluding hydrogens is 202 g/mol. The van der Waals surface area contributed by atoms with Gasteiger partial charge < -0.3 is 24.0 Å². The van der Waals surface area contributed by atoms with Crippen LogP contribution >= 0.6 is 0 Å². The molecule has 0 radical (unpaired) electrons. The normalized spacial score (nSPS) is 13.0. The molecule has 0 aliphatic heterocycles. The third-order valence-corrected chi connectivity index (χ3v) is 3.77. The summed E-state index contributed by atoms with van der Waals surface area (Å²) in [7, 11) is 1.66. The van der Waals surface area contributed by atoms with Gasteiger partial charge in [0.1, 0.15) is 0 Å². The van der Waals surface area contributed by atoms with Crippen LogP contribution in [0.4, 0.5) is 0 Å². The lowest BCUT2D eigenvalue weighted by Crippen LogP contribution is -2.61. The number of rotatable bonds is 6. The van der Waals surface area contributed by atoms with E-state index in [0.29, 0.717) is 6.54 Å². The second kappa shape index (κ2) is 6.77. The minimum Gasteiger partial charge on any atom is -0.370 e. The Bertz CT molecular complexity index is 177. The fourth-order valence-corrected chi connectivity index (χ4v) is 2.03. The molecule has 7 heteroatoms. The van der Waals surface area contributed by atoms with Crippen molar-refractivity contribution >= 4 is 14.9 Å². The lowest BCUT2D eigenvalue weighted by atomic mass is 10.5. The summed E-state index contributed by atoms with van der Waals surface area (Å²) in [4.78, 5) is 6.86. The van der Waals surface area contributed by atoms with Crippen LogP contribution in [0.1, 0.15) is 13.3 Å². The van der Waals surface area contributed by atoms with Crippen molar-refractivity contribution in [3.8, 4) is 0 Å². The largest absolute Gasteiger partial charge is 0.632 e. The third-order valence-electron chi connectivity index (χ3n) is 1.59. The predicted octanol–water partition coefficient (Wildman–Crippen LogP) is -0.324. The number of guanidine groups is 1. The highest BCUT2D eigenvalue weighted by atomic mass is 28.4. The molecule has 0 aromatic carbocycles. The van der Waals surface area contributed by atoms with Crippen molar-refractivity contribution in [1.82, 2.24) is 4.98 Å². The van der Waals surface area contributed by atoms with Gasteiger partial charge in [0.05, 0.1) is 0 Å². The first-order valence-corrected chi connectivity index (χ1v) is 6.10. The Labute approximate surface area is 85.9 Å². The summed E-state index contributed by atoms with van der Waals surface area (Å²) in [6.45, 7) is 2.69. The second-order valence-electron chi connectivity index (χ2n) is 2.56. The first-order chi connectivity index (χ1) is 6.64. The number of hydrogen-bond acceptors (Lipinski definition) is 4. The smallest absolute Gasteiger partial charge is 0.370 e. The molecule has 0 atom stereocenters. The highest BCUT2D eigenvalue weighted by molar-refractivity contribution is 6.60. The molecule has 0 bridgehead atoms. The topological polar surface area (TPSA) is 78.1 Å². The summed E-state index contributed by atoms with van der Waals surface area (Å²) < 4.78 is 15.3. The number of hydrogen-bond donors (Lipinski definition) is 2. The van der Waals surface area contributed by atoms with Gasteiger partial charge in [-0.2, -0.15) is 0 Å². The van der Waals surface area contributed by atoms with E-state index < -0.39 is 8.97 Å². The molecule has 84 valence electrons. The van der Waals surface area contributed by atoms with E-state index in [9.17, 15) is 0 Å². The van der Waals surface area contributed by atoms with E-state index in [2.05, 4.69) is 9.97 Å². The maximum atomic E-state index is 5.61. The monoisotopic (exact) mass is 221 g/mol. The molecular formula is C7H19N3O3Si. The zero-order valence-electron chi connectivity index (χ0n) is 9.16. The molecule has 0 aliphatic rings. The van der Waals surface area contributed by atoms with Gasteiger partial charge in [-0.05, 0) is 6.42 Å². The van der Waals surface area contributed by atoms with E-state index in [1.165, 1.54) is 21.3 Å². The first-order valence-electron chi connectivity index (χ1n) is 4.37. The van der Waals surface area contributed by atoms with E-state index in [0.717, 1.165) is 6.42 Å². The maximum Gasteiger partial charge on any atom is 0.632 e. The van der Waals surface area contributed by atoms with Gasteiger partial charge in [0.2, 0.25) is 0 Å². The van der Waals surface area contributed by atoms with Crippen LogP contribution in [0.3, 0.4) is 0 Å². The number of nitrogens with one attached hydrogen (secondary N) is 1. The first kappa shape index (κ1) is 13.4. The molecule has 0 aliphatic carbocycles. The van der Waals surface area contributed by atoms with Crippen LogP contribution in [0.2, 0.25) is 0 Å². The molecule has 0 aromatic rings. The molecule has 0 unspecified atom stereocenters. The van der Waals surface area contributed by atoms with Crippen molar-refractivity contribution in [3.05, 3.63) is 0 Å². The van der Waals surface area contributed by atoms with Crippen molar-refractivity contribution in [2.75, 3.05) is 27.9 Å². The molecule has 0 rings (SSSR count). The van der Waals surface area contributed by atoms with Gasteiger partial charge >= 0.3 is 8.97 Å². The molecule has 0 fully saturated rings. The van der Waals surface area contributed by atoms with Crippen LogP contribution in [-0.2, 0) is 13.3 Å². The van der Waals surface area contributed by atoms with Gasteiger partial charge in [-0.25, -0.2) is 0 Å². The van der Waals surface area contributed by atoms with E-state index in [1.807, 2.05) is 6.92 Å². The van der Waals surface area contributed by atoms with Gasteiger partial charge in [0, 0.05) is 27.9 Å². The molecule has 0 heterocycles. The van der Waals surface area contributed by atoms with E-state index in [-0.39, 0.29) is 5.96 Å². The zero-order valence-corrected chi connectivity index (χ0v) is 10.2. The Kier molecular flexibility index (Phi) is 6.46. The SMILES string of the molecule is CCCN=C(N)N[Si](OC)(OC)OC. The molecule has 14 heavy (non-hydrogen) atoms. The van der Waals surface area contributed by atoms with E-state index in [4.69, 9.17) is 19.0 Å². The summed E-state index contributed by atoms with van der Waals surface area (Å²) in [5.41, 5.74) is 5.61. The van der Waals surface area contributed by atoms with Crippen molar-refractivity contribution < 1.29 is 13.3 Å². The third kappa shape index (κ3) is 4.05. The summed E-state index contributed by atoms with van der Waals surface area (Å²) in [6, 6.07) is 0. The highest BCUT2D eigenvalue weighted by Gasteiger charge is 2.40. The average molecular weight is 221 g/mol. The van der Waals surface area contributed by atoms with Gasteiger partial charge in [0.15, 0.2) is 5.96 Å². The van der Waals surface area contributed by atoms with Gasteiger partial charge in [0.25, 0.3) is 0 Å². The summed E-state index contributed by atoms with van der Waals surface area (Å²) >= 11 is 0. The van der Waals surface area contributed by atoms with Crippen LogP contribution in [0.25, 0.3) is 0 Å². The standard InChI is InChI=1S/C7H19N3O3Si/c1-5-6-9-7(8)10-14(11-2,12-3)13-4/h5-6H2,1-4H3,(H3,8,9,10). The Hall–Kier alpha value is -0.633. The molecule has 0 aromatic heterocycles. The maximum absolute atomic E-state index is 5.61. The summed E-state index contributed by atoms with van der Waals surface area (Å²) in [6.07, 6.45) is 0.934. The van der Waals surface area contributed by atoms with Crippen molar-refractivity contribution in [1.29, 1.82) is 0 Å². The Balaban J connectivity index is 4.28. The fourth-order valence-electron chi connectivity index (χ4n) is 0.832. The van der Waals surface area contributed by atoms with Gasteiger partial charge in [-0.1, -0.05) is 6.92 Å². The molecule has 0 spiro atoms. The van der Waals surface area contributed by atoms with Crippen molar-refractivity contribution in [2.45, 2.75) is 13.3 Å². The predicted molar refractivity (Wildman–Crippen MR) is 56.7 cm³/mol. The van der Waals surface area contributed by atoms with Crippen LogP contribution in [-0.4, -0.2) is 42.8 Å². The fraction of sp³-hybridized carbons (Fsp3) is 0.857. The zero-order chi connectivity index (χ0) is 11.0. The average Bonchev–Trinajstić information content (AvgIpc) is 2.23. The van der Waals surface area contributed by atoms with Crippen LogP contribution in [0, 0.1) is 0 Å². The van der Waals surface area contributed by atoms with Crippen LogP contribution < -0.4 is 10.7 Å². The summed E-state index contributed by atoms with van der Waals surface area (Å²) in [5, 5.41) is 0. The number of nitrogens with two attached hydrogens (primary N) is 1. The molecule has 6 nitrogen and oxygen atoms in total. The van der Waals surface area contributed by atoms with E-state index in [1.54, 1.807) is 0 Å². The Morgan fingerprint density at radius 1 is 1.29 bits per heavy atom. The Morgan fingerprint density at radius 3 is 2.14 bits per heavy atom. The number of nitrogens with zero attached hydrogens (tertiary/aromatic N) is 1. The minimum atomic E-state index is -2.84. The van der Waals surface area contributed by atoms with Crippen molar-refractivity contribution in [2.24, 2.45) is 10.7 Å². The second-order valence-corrected chi connectivity index (χ2v) is 5.15.